The topological polar surface area (TPSA) is 18.5 Å². The van der Waals surface area contributed by atoms with Crippen LogP contribution < -0.4 is 8.85 Å². The van der Waals surface area contributed by atoms with Gasteiger partial charge in [-0.2, -0.15) is 0 Å². The molecular formula is C12H11ClO2Si. The van der Waals surface area contributed by atoms with Crippen molar-refractivity contribution in [1.29, 1.82) is 0 Å². The van der Waals surface area contributed by atoms with Crippen LogP contribution in [0.2, 0.25) is 0 Å². The van der Waals surface area contributed by atoms with Crippen LogP contribution in [0.1, 0.15) is 0 Å². The Kier molecular flexibility index (Phi) is 3.85. The highest BCUT2D eigenvalue weighted by atomic mass is 35.6. The summed E-state index contributed by atoms with van der Waals surface area (Å²) in [5.74, 6) is 1.48. The summed E-state index contributed by atoms with van der Waals surface area (Å²) in [6.07, 6.45) is 0. The summed E-state index contributed by atoms with van der Waals surface area (Å²) in [4.78, 5) is 0. The van der Waals surface area contributed by atoms with E-state index in [1.54, 1.807) is 0 Å². The minimum absolute atomic E-state index is 0.741. The lowest BCUT2D eigenvalue weighted by atomic mass is 10.3. The molecule has 0 aliphatic rings. The molecule has 0 saturated heterocycles. The summed E-state index contributed by atoms with van der Waals surface area (Å²) in [6.45, 7) is 0. The minimum atomic E-state index is -2.18. The van der Waals surface area contributed by atoms with E-state index in [1.165, 1.54) is 0 Å². The van der Waals surface area contributed by atoms with Crippen LogP contribution in [-0.2, 0) is 0 Å². The average molecular weight is 251 g/mol. The highest BCUT2D eigenvalue weighted by molar-refractivity contribution is 7.00. The second-order valence-electron chi connectivity index (χ2n) is 3.14. The maximum atomic E-state index is 6.04. The molecule has 2 nitrogen and oxygen atoms in total. The van der Waals surface area contributed by atoms with Gasteiger partial charge in [0.05, 0.1) is 0 Å². The molecule has 0 heterocycles. The van der Waals surface area contributed by atoms with E-state index in [0.717, 1.165) is 11.5 Å². The van der Waals surface area contributed by atoms with Gasteiger partial charge in [-0.1, -0.05) is 47.5 Å². The molecule has 2 aromatic rings. The van der Waals surface area contributed by atoms with E-state index in [9.17, 15) is 0 Å². The van der Waals surface area contributed by atoms with Crippen molar-refractivity contribution in [1.82, 2.24) is 0 Å². The van der Waals surface area contributed by atoms with Crippen LogP contribution in [-0.4, -0.2) is 8.59 Å². The van der Waals surface area contributed by atoms with Gasteiger partial charge < -0.3 is 8.85 Å². The van der Waals surface area contributed by atoms with Gasteiger partial charge in [-0.25, -0.2) is 0 Å². The second-order valence-corrected chi connectivity index (χ2v) is 5.23. The van der Waals surface area contributed by atoms with E-state index in [4.69, 9.17) is 19.9 Å². The standard InChI is InChI=1S/C12H11ClO2Si/c13-16(14-11-7-3-1-4-8-11)15-12-9-5-2-6-10-12/h1-10,16H. The minimum Gasteiger partial charge on any atom is -0.503 e. The van der Waals surface area contributed by atoms with Crippen LogP contribution in [0.3, 0.4) is 0 Å². The number of hydrogen-bond donors (Lipinski definition) is 0. The van der Waals surface area contributed by atoms with Gasteiger partial charge in [0.15, 0.2) is 0 Å². The Hall–Kier alpha value is -1.45. The van der Waals surface area contributed by atoms with Gasteiger partial charge in [-0.3, -0.25) is 0 Å². The largest absolute Gasteiger partial charge is 0.553 e. The lowest BCUT2D eigenvalue weighted by Crippen LogP contribution is -2.22. The van der Waals surface area contributed by atoms with Crippen molar-refractivity contribution in [3.63, 3.8) is 0 Å². The molecule has 0 amide bonds. The maximum Gasteiger partial charge on any atom is 0.553 e. The van der Waals surface area contributed by atoms with Gasteiger partial charge in [0.1, 0.15) is 11.5 Å². The van der Waals surface area contributed by atoms with Gasteiger partial charge in [-0.15, -0.1) is 0 Å². The number of benzene rings is 2. The summed E-state index contributed by atoms with van der Waals surface area (Å²) in [7, 11) is -2.18. The Morgan fingerprint density at radius 3 is 1.44 bits per heavy atom. The molecular weight excluding hydrogens is 240 g/mol. The van der Waals surface area contributed by atoms with E-state index >= 15 is 0 Å². The normalized spacial score (nSPS) is 10.1. The molecule has 0 atom stereocenters. The number of halogens is 1. The molecule has 2 rings (SSSR count). The molecule has 0 aliphatic heterocycles. The van der Waals surface area contributed by atoms with Crippen LogP contribution in [0.15, 0.2) is 60.7 Å². The number of para-hydroxylation sites is 2. The molecule has 0 bridgehead atoms. The third-order valence-corrected chi connectivity index (χ3v) is 3.39. The van der Waals surface area contributed by atoms with Crippen LogP contribution in [0, 0.1) is 0 Å². The summed E-state index contributed by atoms with van der Waals surface area (Å²) in [5, 5.41) is 0. The van der Waals surface area contributed by atoms with Crippen molar-refractivity contribution in [3.8, 4) is 11.5 Å². The second kappa shape index (κ2) is 5.58. The van der Waals surface area contributed by atoms with E-state index in [1.807, 2.05) is 60.7 Å². The van der Waals surface area contributed by atoms with Crippen LogP contribution >= 0.6 is 11.1 Å². The molecule has 0 unspecified atom stereocenters. The van der Waals surface area contributed by atoms with E-state index < -0.39 is 8.59 Å². The lowest BCUT2D eigenvalue weighted by Gasteiger charge is -2.12. The molecule has 4 heteroatoms. The third-order valence-electron chi connectivity index (χ3n) is 1.94. The van der Waals surface area contributed by atoms with Gasteiger partial charge in [-0.05, 0) is 24.3 Å². The number of hydrogen-bond acceptors (Lipinski definition) is 2. The molecule has 0 N–H and O–H groups in total. The van der Waals surface area contributed by atoms with Crippen molar-refractivity contribution < 1.29 is 8.85 Å². The van der Waals surface area contributed by atoms with Gasteiger partial charge in [0.2, 0.25) is 0 Å². The van der Waals surface area contributed by atoms with Gasteiger partial charge in [0.25, 0.3) is 0 Å². The monoisotopic (exact) mass is 250 g/mol. The molecule has 0 aliphatic carbocycles. The molecule has 16 heavy (non-hydrogen) atoms. The smallest absolute Gasteiger partial charge is 0.503 e. The quantitative estimate of drug-likeness (QED) is 0.613. The first-order chi connectivity index (χ1) is 7.84. The molecule has 0 aromatic heterocycles. The van der Waals surface area contributed by atoms with Crippen molar-refractivity contribution in [3.05, 3.63) is 60.7 Å². The first kappa shape index (κ1) is 11.0. The Morgan fingerprint density at radius 1 is 0.688 bits per heavy atom. The summed E-state index contributed by atoms with van der Waals surface area (Å²) < 4.78 is 11.0. The zero-order chi connectivity index (χ0) is 11.2. The average Bonchev–Trinajstić information content (AvgIpc) is 2.31. The molecule has 0 radical (unpaired) electrons. The van der Waals surface area contributed by atoms with Crippen molar-refractivity contribution in [2.75, 3.05) is 0 Å². The summed E-state index contributed by atoms with van der Waals surface area (Å²) >= 11 is 6.04. The Balaban J connectivity index is 1.92. The van der Waals surface area contributed by atoms with E-state index in [-0.39, 0.29) is 0 Å². The van der Waals surface area contributed by atoms with E-state index in [2.05, 4.69) is 0 Å². The predicted octanol–water partition coefficient (Wildman–Crippen LogP) is 3.10. The summed E-state index contributed by atoms with van der Waals surface area (Å²) in [6, 6.07) is 18.9. The molecule has 0 fully saturated rings. The Morgan fingerprint density at radius 2 is 1.06 bits per heavy atom. The highest BCUT2D eigenvalue weighted by Gasteiger charge is 2.12. The van der Waals surface area contributed by atoms with Crippen LogP contribution in [0.25, 0.3) is 0 Å². The fraction of sp³-hybridized carbons (Fsp3) is 0. The predicted molar refractivity (Wildman–Crippen MR) is 67.1 cm³/mol. The Bertz CT molecular complexity index is 380. The number of rotatable bonds is 4. The van der Waals surface area contributed by atoms with Crippen molar-refractivity contribution in [2.24, 2.45) is 0 Å². The lowest BCUT2D eigenvalue weighted by molar-refractivity contribution is 0.448. The maximum absolute atomic E-state index is 6.04. The van der Waals surface area contributed by atoms with Crippen molar-refractivity contribution in [2.45, 2.75) is 0 Å². The first-order valence-electron chi connectivity index (χ1n) is 4.92. The first-order valence-corrected chi connectivity index (χ1v) is 7.61. The zero-order valence-corrected chi connectivity index (χ0v) is 10.5. The molecule has 0 spiro atoms. The SMILES string of the molecule is Cl[SiH](Oc1ccccc1)Oc1ccccc1. The van der Waals surface area contributed by atoms with Crippen molar-refractivity contribution >= 4 is 19.7 Å². The summed E-state index contributed by atoms with van der Waals surface area (Å²) in [5.41, 5.74) is 0. The fourth-order valence-electron chi connectivity index (χ4n) is 1.24. The fourth-order valence-corrected chi connectivity index (χ4v) is 2.64. The molecule has 2 aromatic carbocycles. The van der Waals surface area contributed by atoms with Gasteiger partial charge >= 0.3 is 8.59 Å². The zero-order valence-electron chi connectivity index (χ0n) is 8.55. The third kappa shape index (κ3) is 3.29. The highest BCUT2D eigenvalue weighted by Crippen LogP contribution is 2.15. The Labute approximate surface area is 101 Å². The molecule has 82 valence electrons. The molecule has 0 saturated carbocycles. The van der Waals surface area contributed by atoms with E-state index in [0.29, 0.717) is 0 Å². The van der Waals surface area contributed by atoms with Crippen LogP contribution in [0.5, 0.6) is 11.5 Å². The van der Waals surface area contributed by atoms with Gasteiger partial charge in [0, 0.05) is 0 Å². The van der Waals surface area contributed by atoms with Crippen LogP contribution in [0.4, 0.5) is 0 Å².